The van der Waals surface area contributed by atoms with Crippen molar-refractivity contribution >= 4 is 67.2 Å². The molecule has 25 heavy (non-hydrogen) atoms. The standard InChI is InChI=1S/C16H12N4O3S.Na/c17-10-5-7-11(8-6-10)20-18-14-9-15(24(21,22)23)12-3-1-2-4-13(12)16(14)19-20;/h1-9H,17H2,(H,21,22,23);. The molecule has 4 aromatic rings. The number of aromatic nitrogens is 3. The third kappa shape index (κ3) is 3.14. The van der Waals surface area contributed by atoms with Crippen LogP contribution < -0.4 is 5.73 Å². The summed E-state index contributed by atoms with van der Waals surface area (Å²) in [4.78, 5) is 1.22. The maximum Gasteiger partial charge on any atom is 0.295 e. The predicted molar refractivity (Wildman–Crippen MR) is 96.4 cm³/mol. The number of fused-ring (bicyclic) bond motifs is 3. The first kappa shape index (κ1) is 17.8. The summed E-state index contributed by atoms with van der Waals surface area (Å²) < 4.78 is 32.9. The number of rotatable bonds is 2. The Hall–Kier alpha value is -1.97. The van der Waals surface area contributed by atoms with E-state index >= 15 is 0 Å². The second-order valence-electron chi connectivity index (χ2n) is 5.34. The number of hydrogen-bond acceptors (Lipinski definition) is 5. The zero-order valence-electron chi connectivity index (χ0n) is 13.3. The Morgan fingerprint density at radius 2 is 1.60 bits per heavy atom. The summed E-state index contributed by atoms with van der Waals surface area (Å²) in [5, 5.41) is 9.78. The molecule has 0 unspecified atom stereocenters. The average molecular weight is 363 g/mol. The van der Waals surface area contributed by atoms with Gasteiger partial charge in [-0.3, -0.25) is 4.55 Å². The van der Waals surface area contributed by atoms with Crippen LogP contribution in [0.25, 0.3) is 27.5 Å². The number of hydrogen-bond donors (Lipinski definition) is 2. The largest absolute Gasteiger partial charge is 0.399 e. The van der Waals surface area contributed by atoms with Crippen LogP contribution >= 0.6 is 0 Å². The molecule has 0 saturated carbocycles. The van der Waals surface area contributed by atoms with Crippen LogP contribution in [-0.4, -0.2) is 57.5 Å². The number of anilines is 1. The van der Waals surface area contributed by atoms with Gasteiger partial charge in [-0.05, 0) is 30.3 Å². The third-order valence-corrected chi connectivity index (χ3v) is 4.65. The molecule has 9 heteroatoms. The Bertz CT molecular complexity index is 1190. The molecule has 1 heterocycles. The van der Waals surface area contributed by atoms with Gasteiger partial charge in [0, 0.05) is 46.0 Å². The molecule has 0 aliphatic heterocycles. The fourth-order valence-corrected chi connectivity index (χ4v) is 3.37. The molecule has 0 atom stereocenters. The first-order chi connectivity index (χ1) is 11.4. The van der Waals surface area contributed by atoms with Gasteiger partial charge < -0.3 is 5.73 Å². The minimum atomic E-state index is -4.38. The Morgan fingerprint density at radius 1 is 0.960 bits per heavy atom. The summed E-state index contributed by atoms with van der Waals surface area (Å²) in [6.07, 6.45) is 0. The van der Waals surface area contributed by atoms with Gasteiger partial charge in [-0.2, -0.15) is 13.2 Å². The summed E-state index contributed by atoms with van der Waals surface area (Å²) >= 11 is 0. The van der Waals surface area contributed by atoms with Crippen LogP contribution in [0.1, 0.15) is 0 Å². The van der Waals surface area contributed by atoms with Crippen LogP contribution in [-0.2, 0) is 10.1 Å². The van der Waals surface area contributed by atoms with E-state index in [1.165, 1.54) is 10.9 Å². The summed E-state index contributed by atoms with van der Waals surface area (Å²) in [5.74, 6) is 0. The van der Waals surface area contributed by atoms with E-state index in [1.54, 1.807) is 48.5 Å². The van der Waals surface area contributed by atoms with Crippen LogP contribution in [0.5, 0.6) is 0 Å². The first-order valence-corrected chi connectivity index (χ1v) is 8.50. The number of nitrogens with two attached hydrogens (primary N) is 1. The second-order valence-corrected chi connectivity index (χ2v) is 6.73. The molecule has 3 N–H and O–H groups in total. The summed E-state index contributed by atoms with van der Waals surface area (Å²) in [7, 11) is -4.38. The van der Waals surface area contributed by atoms with E-state index in [2.05, 4.69) is 10.2 Å². The third-order valence-electron chi connectivity index (χ3n) is 3.76. The van der Waals surface area contributed by atoms with Crippen molar-refractivity contribution < 1.29 is 13.0 Å². The van der Waals surface area contributed by atoms with E-state index in [1.807, 2.05) is 0 Å². The van der Waals surface area contributed by atoms with Crippen LogP contribution in [0.2, 0.25) is 0 Å². The van der Waals surface area contributed by atoms with Gasteiger partial charge in [0.05, 0.1) is 5.69 Å². The van der Waals surface area contributed by atoms with Crippen molar-refractivity contribution in [2.24, 2.45) is 0 Å². The van der Waals surface area contributed by atoms with Crippen molar-refractivity contribution in [3.8, 4) is 5.69 Å². The maximum absolute atomic E-state index is 11.7. The normalized spacial score (nSPS) is 11.6. The molecule has 0 aliphatic rings. The molecule has 0 aliphatic carbocycles. The molecular formula is C16H12N4NaO3S. The van der Waals surface area contributed by atoms with Crippen LogP contribution in [0.15, 0.2) is 59.5 Å². The minimum Gasteiger partial charge on any atom is -0.399 e. The van der Waals surface area contributed by atoms with E-state index < -0.39 is 10.1 Å². The van der Waals surface area contributed by atoms with Gasteiger partial charge in [0.25, 0.3) is 10.1 Å². The summed E-state index contributed by atoms with van der Waals surface area (Å²) in [6, 6.07) is 15.2. The molecular weight excluding hydrogens is 351 g/mol. The number of nitrogen functional groups attached to an aromatic ring is 1. The monoisotopic (exact) mass is 363 g/mol. The maximum atomic E-state index is 11.7. The van der Waals surface area contributed by atoms with Crippen molar-refractivity contribution in [1.29, 1.82) is 0 Å². The fraction of sp³-hybridized carbons (Fsp3) is 0. The van der Waals surface area contributed by atoms with Gasteiger partial charge in [0.1, 0.15) is 15.9 Å². The zero-order valence-corrected chi connectivity index (χ0v) is 16.1. The topological polar surface area (TPSA) is 111 Å². The van der Waals surface area contributed by atoms with E-state index in [0.29, 0.717) is 33.2 Å². The first-order valence-electron chi connectivity index (χ1n) is 7.06. The van der Waals surface area contributed by atoms with Crippen molar-refractivity contribution in [3.05, 3.63) is 54.6 Å². The van der Waals surface area contributed by atoms with E-state index in [-0.39, 0.29) is 34.5 Å². The molecule has 0 amide bonds. The Balaban J connectivity index is 0.00000182. The Morgan fingerprint density at radius 3 is 2.24 bits per heavy atom. The second kappa shape index (κ2) is 6.40. The fourth-order valence-electron chi connectivity index (χ4n) is 2.65. The summed E-state index contributed by atoms with van der Waals surface area (Å²) in [5.41, 5.74) is 7.91. The van der Waals surface area contributed by atoms with Crippen molar-refractivity contribution in [2.45, 2.75) is 4.90 Å². The van der Waals surface area contributed by atoms with Gasteiger partial charge in [-0.1, -0.05) is 24.3 Å². The molecule has 1 aromatic heterocycles. The van der Waals surface area contributed by atoms with E-state index in [9.17, 15) is 13.0 Å². The quantitative estimate of drug-likeness (QED) is 0.320. The molecule has 4 rings (SSSR count). The van der Waals surface area contributed by atoms with Crippen molar-refractivity contribution in [3.63, 3.8) is 0 Å². The van der Waals surface area contributed by atoms with Gasteiger partial charge in [-0.25, -0.2) is 0 Å². The SMILES string of the molecule is Nc1ccc(-n2nc3cc(S(=O)(=O)O)c4ccccc4c3n2)cc1.[Na]. The molecule has 0 spiro atoms. The molecule has 0 bridgehead atoms. The Labute approximate surface area is 165 Å². The molecule has 0 fully saturated rings. The van der Waals surface area contributed by atoms with Gasteiger partial charge in [-0.15, -0.1) is 10.2 Å². The zero-order chi connectivity index (χ0) is 16.9. The van der Waals surface area contributed by atoms with Gasteiger partial charge in [0.2, 0.25) is 0 Å². The molecule has 121 valence electrons. The predicted octanol–water partition coefficient (Wildman–Crippen LogP) is 2.02. The van der Waals surface area contributed by atoms with Gasteiger partial charge >= 0.3 is 0 Å². The van der Waals surface area contributed by atoms with Crippen LogP contribution in [0, 0.1) is 0 Å². The van der Waals surface area contributed by atoms with E-state index in [4.69, 9.17) is 5.73 Å². The number of benzene rings is 3. The van der Waals surface area contributed by atoms with Crippen molar-refractivity contribution in [1.82, 2.24) is 15.0 Å². The molecule has 3 aromatic carbocycles. The molecule has 0 saturated heterocycles. The average Bonchev–Trinajstić information content (AvgIpc) is 2.98. The Kier molecular flexibility index (Phi) is 4.56. The molecule has 7 nitrogen and oxygen atoms in total. The van der Waals surface area contributed by atoms with Crippen LogP contribution in [0.4, 0.5) is 5.69 Å². The molecule has 1 radical (unpaired) electrons. The van der Waals surface area contributed by atoms with Crippen LogP contribution in [0.3, 0.4) is 0 Å². The number of nitrogens with zero attached hydrogens (tertiary/aromatic N) is 3. The smallest absolute Gasteiger partial charge is 0.295 e. The van der Waals surface area contributed by atoms with E-state index in [0.717, 1.165) is 0 Å². The minimum absolute atomic E-state index is 0. The van der Waals surface area contributed by atoms with Gasteiger partial charge in [0.15, 0.2) is 0 Å². The summed E-state index contributed by atoms with van der Waals surface area (Å²) in [6.45, 7) is 0. The van der Waals surface area contributed by atoms with Crippen molar-refractivity contribution in [2.75, 3.05) is 5.73 Å².